The van der Waals surface area contributed by atoms with Gasteiger partial charge in [0.05, 0.1) is 0 Å². The van der Waals surface area contributed by atoms with Gasteiger partial charge >= 0.3 is 170 Å². The zero-order valence-corrected chi connectivity index (χ0v) is 38.1. The molecule has 1 unspecified atom stereocenters. The number of hydrogen-bond donors (Lipinski definition) is 0. The van der Waals surface area contributed by atoms with Gasteiger partial charge in [-0.05, 0) is 0 Å². The van der Waals surface area contributed by atoms with Gasteiger partial charge in [0.25, 0.3) is 0 Å². The van der Waals surface area contributed by atoms with E-state index in [4.69, 9.17) is 0 Å². The summed E-state index contributed by atoms with van der Waals surface area (Å²) in [6.07, 6.45) is -67.0. The molecule has 89 heavy (non-hydrogen) atoms. The van der Waals surface area contributed by atoms with Gasteiger partial charge in [0.15, 0.2) is 0 Å². The van der Waals surface area contributed by atoms with Gasteiger partial charge in [-0.15, -0.1) is 0 Å². The smallest absolute Gasteiger partial charge is 0.324 e. The van der Waals surface area contributed by atoms with E-state index in [9.17, 15) is 233 Å². The van der Waals surface area contributed by atoms with E-state index in [1.165, 1.54) is 0 Å². The third kappa shape index (κ3) is 10.7. The molecule has 3 nitrogen and oxygen atoms in total. The summed E-state index contributed by atoms with van der Waals surface area (Å²) in [5.74, 6) is -205. The molecule has 0 saturated carbocycles. The second-order valence-electron chi connectivity index (χ2n) is 15.9. The molecule has 0 rings (SSSR count). The van der Waals surface area contributed by atoms with Crippen molar-refractivity contribution in [2.24, 2.45) is 0 Å². The molecule has 0 aromatic carbocycles. The quantitative estimate of drug-likeness (QED) is 0.0673. The molecule has 0 N–H and O–H groups in total. The van der Waals surface area contributed by atoms with Crippen molar-refractivity contribution in [3.05, 3.63) is 0 Å². The highest BCUT2D eigenvalue weighted by Crippen LogP contribution is 2.72. The first-order valence-electron chi connectivity index (χ1n) is 18.2. The molecule has 0 spiro atoms. The van der Waals surface area contributed by atoms with Crippen LogP contribution >= 0.6 is 0 Å². The second kappa shape index (κ2) is 20.8. The van der Waals surface area contributed by atoms with Crippen molar-refractivity contribution in [2.45, 2.75) is 161 Å². The maximum atomic E-state index is 15.6. The van der Waals surface area contributed by atoms with E-state index in [0.717, 1.165) is 0 Å². The molecule has 0 fully saturated rings. The monoisotopic (exact) mass is 1500 g/mol. The van der Waals surface area contributed by atoms with Crippen LogP contribution in [-0.2, 0) is 13.3 Å². The molecule has 0 aliphatic carbocycles. The van der Waals surface area contributed by atoms with Gasteiger partial charge in [0.1, 0.15) is 0 Å². The number of alkyl halides is 58. The number of rotatable bonds is 25. The Labute approximate surface area is 439 Å². The Bertz CT molecular complexity index is 2480. The number of hydrogen-bond acceptors (Lipinski definition) is 3. The normalized spacial score (nSPS) is 18.0. The van der Waals surface area contributed by atoms with Crippen LogP contribution in [0.2, 0.25) is 0 Å². The van der Waals surface area contributed by atoms with E-state index < -0.39 is 170 Å². The molecule has 0 aliphatic rings. The zero-order chi connectivity index (χ0) is 74.1. The maximum Gasteiger partial charge on any atom is 0.594 e. The number of halogens is 58. The fourth-order valence-electron chi connectivity index (χ4n) is 4.90. The lowest BCUT2D eigenvalue weighted by Crippen LogP contribution is -2.83. The van der Waals surface area contributed by atoms with Crippen molar-refractivity contribution in [1.82, 2.24) is 0 Å². The van der Waals surface area contributed by atoms with Crippen LogP contribution in [0.4, 0.5) is 255 Å². The van der Waals surface area contributed by atoms with Crippen LogP contribution in [0.1, 0.15) is 0 Å². The first-order chi connectivity index (χ1) is 37.1. The van der Waals surface area contributed by atoms with E-state index in [2.05, 4.69) is 0 Å². The molecule has 0 amide bonds. The van der Waals surface area contributed by atoms with E-state index in [0.29, 0.717) is 8.85 Å². The Morgan fingerprint density at radius 3 is 0.427 bits per heavy atom. The lowest BCUT2D eigenvalue weighted by molar-refractivity contribution is -0.496. The standard InChI is InChI=1S/C27F58O3Si/c28-1(29,2(30,31)4(34,35)6(38,39)8(42,43)12(50,51)16(58,59)20(65,66)67)3(32,33)5(36,37)7(40,41)11(48,49)15(56,57)19(64,22(71,72)73)86-89(87-25(80,81)23(74,75)76,88-26(82,83)24(77,78)79)27(84,85)18(62,63)14(54,55)10(46,47)9(44,45)13(52,53)17(60,61)21(68,69)70. The summed E-state index contributed by atoms with van der Waals surface area (Å²) in [7, 11) is -13.9. The zero-order valence-electron chi connectivity index (χ0n) is 37.1. The molecule has 0 aliphatic heterocycles. The largest absolute Gasteiger partial charge is 0.594 e. The molecule has 0 bridgehead atoms. The van der Waals surface area contributed by atoms with Gasteiger partial charge in [-0.3, -0.25) is 0 Å². The van der Waals surface area contributed by atoms with Crippen LogP contribution in [0.25, 0.3) is 0 Å². The Kier molecular flexibility index (Phi) is 19.8. The summed E-state index contributed by atoms with van der Waals surface area (Å²) in [5.41, 5.74) is -11.5. The first-order valence-corrected chi connectivity index (χ1v) is 19.9. The highest BCUT2D eigenvalue weighted by atomic mass is 28.4. The molecular weight excluding hydrogens is 1500 g/mol. The van der Waals surface area contributed by atoms with Crippen LogP contribution in [0.15, 0.2) is 0 Å². The van der Waals surface area contributed by atoms with Gasteiger partial charge in [-0.2, -0.15) is 255 Å². The predicted octanol–water partition coefficient (Wildman–Crippen LogP) is 18.2. The van der Waals surface area contributed by atoms with Gasteiger partial charge in [-0.1, -0.05) is 0 Å². The Morgan fingerprint density at radius 2 is 0.281 bits per heavy atom. The average Bonchev–Trinajstić information content (AvgIpc) is 3.25. The Balaban J connectivity index is 9.75. The molecule has 0 radical (unpaired) electrons. The third-order valence-corrected chi connectivity index (χ3v) is 12.7. The first kappa shape index (κ1) is 85.0. The van der Waals surface area contributed by atoms with Crippen molar-refractivity contribution in [3.8, 4) is 0 Å². The second-order valence-corrected chi connectivity index (χ2v) is 18.2. The van der Waals surface area contributed by atoms with Crippen LogP contribution in [0, 0.1) is 0 Å². The maximum absolute atomic E-state index is 15.6. The summed E-state index contributed by atoms with van der Waals surface area (Å²) in [6.45, 7) is 0. The van der Waals surface area contributed by atoms with Crippen molar-refractivity contribution in [1.29, 1.82) is 0 Å². The van der Waals surface area contributed by atoms with Crippen LogP contribution in [0.5, 0.6) is 0 Å². The summed E-state index contributed by atoms with van der Waals surface area (Å²) in [6, 6.07) is 0. The van der Waals surface area contributed by atoms with E-state index in [-0.39, 0.29) is 4.43 Å². The molecule has 0 saturated heterocycles. The fraction of sp³-hybridized carbons (Fsp3) is 1.00. The third-order valence-electron chi connectivity index (χ3n) is 10.0. The van der Waals surface area contributed by atoms with Gasteiger partial charge < -0.3 is 13.3 Å². The molecule has 0 aromatic heterocycles. The van der Waals surface area contributed by atoms with E-state index in [1.54, 1.807) is 0 Å². The molecule has 62 heteroatoms. The van der Waals surface area contributed by atoms with Crippen molar-refractivity contribution in [3.63, 3.8) is 0 Å². The van der Waals surface area contributed by atoms with Crippen LogP contribution < -0.4 is 0 Å². The summed E-state index contributed by atoms with van der Waals surface area (Å²) < 4.78 is 806. The molecule has 536 valence electrons. The highest BCUT2D eigenvalue weighted by Gasteiger charge is 3.04. The molecule has 0 heterocycles. The van der Waals surface area contributed by atoms with Crippen molar-refractivity contribution >= 4 is 8.80 Å². The average molecular weight is 1500 g/mol. The lowest BCUT2D eigenvalue weighted by atomic mass is 9.83. The van der Waals surface area contributed by atoms with Crippen molar-refractivity contribution < 1.29 is 268 Å². The highest BCUT2D eigenvalue weighted by molar-refractivity contribution is 6.64. The van der Waals surface area contributed by atoms with E-state index >= 15 is 22.0 Å². The molecule has 1 atom stereocenters. The molecule has 0 aromatic rings. The summed E-state index contributed by atoms with van der Waals surface area (Å²) in [4.78, 5) is 0. The van der Waals surface area contributed by atoms with Gasteiger partial charge in [0.2, 0.25) is 0 Å². The minimum absolute atomic E-state index is 0.243. The SMILES string of the molecule is FC(F)(F)C(F)(F)O[Si](OC(F)(F)C(F)(F)F)(OC(F)(C(F)(F)F)C(F)(F)C(F)(F)C(F)(F)C(F)(F)C(F)(F)C(F)(F)C(F)(F)C(F)(F)C(F)(F)C(F)(F)C(F)(F)C(F)(F)C(F)(F)F)C(F)(F)C(F)(F)C(F)(F)C(F)(F)C(F)(F)C(F)(F)C(F)(F)C(F)(F)F. The minimum atomic E-state index is -13.9. The Morgan fingerprint density at radius 1 is 0.135 bits per heavy atom. The van der Waals surface area contributed by atoms with Gasteiger partial charge in [-0.25, -0.2) is 0 Å². The fourth-order valence-corrected chi connectivity index (χ4v) is 7.47. The van der Waals surface area contributed by atoms with E-state index in [1.807, 2.05) is 0 Å². The van der Waals surface area contributed by atoms with Crippen LogP contribution in [-0.4, -0.2) is 170 Å². The topological polar surface area (TPSA) is 27.7 Å². The predicted molar refractivity (Wildman–Crippen MR) is 147 cm³/mol. The lowest BCUT2D eigenvalue weighted by Gasteiger charge is -2.49. The van der Waals surface area contributed by atoms with Gasteiger partial charge in [0, 0.05) is 0 Å². The molecular formula is C27F58O3Si. The summed E-state index contributed by atoms with van der Waals surface area (Å²) >= 11 is 0. The summed E-state index contributed by atoms with van der Waals surface area (Å²) in [5, 5.41) is 0. The minimum Gasteiger partial charge on any atom is -0.324 e. The Hall–Kier alpha value is -3.96. The van der Waals surface area contributed by atoms with Crippen LogP contribution in [0.3, 0.4) is 0 Å². The van der Waals surface area contributed by atoms with Crippen molar-refractivity contribution in [2.75, 3.05) is 0 Å².